The maximum Gasteiger partial charge on any atom is 0.322 e. The zero-order chi connectivity index (χ0) is 16.5. The number of nitrogens with one attached hydrogen (secondary N) is 1. The first-order chi connectivity index (χ1) is 11.7. The number of ether oxygens (including phenoxy) is 2. The van der Waals surface area contributed by atoms with Gasteiger partial charge in [0.15, 0.2) is 11.5 Å². The zero-order valence-electron chi connectivity index (χ0n) is 12.1. The second kappa shape index (κ2) is 6.25. The fraction of sp³-hybridized carbons (Fsp3) is 0.133. The Labute approximate surface area is 148 Å². The van der Waals surface area contributed by atoms with Gasteiger partial charge in [0.05, 0.1) is 8.66 Å². The Morgan fingerprint density at radius 3 is 2.75 bits per heavy atom. The number of hydrogen-bond donors (Lipinski definition) is 1. The van der Waals surface area contributed by atoms with Gasteiger partial charge in [-0.05, 0) is 46.3 Å². The third-order valence-electron chi connectivity index (χ3n) is 3.23. The summed E-state index contributed by atoms with van der Waals surface area (Å²) < 4.78 is 17.3. The van der Waals surface area contributed by atoms with Gasteiger partial charge in [-0.15, -0.1) is 16.4 Å². The molecule has 1 aliphatic rings. The van der Waals surface area contributed by atoms with Crippen LogP contribution in [-0.4, -0.2) is 29.3 Å². The highest BCUT2D eigenvalue weighted by Gasteiger charge is 2.17. The molecule has 3 aromatic rings. The van der Waals surface area contributed by atoms with Gasteiger partial charge in [0.2, 0.25) is 0 Å². The quantitative estimate of drug-likeness (QED) is 0.713. The number of aromatic nitrogens is 2. The Morgan fingerprint density at radius 2 is 1.96 bits per heavy atom. The van der Waals surface area contributed by atoms with E-state index in [2.05, 4.69) is 31.4 Å². The second-order valence-electron chi connectivity index (χ2n) is 4.83. The second-order valence-corrected chi connectivity index (χ2v) is 7.29. The lowest BCUT2D eigenvalue weighted by Gasteiger charge is -2.18. The van der Waals surface area contributed by atoms with E-state index < -0.39 is 0 Å². The maximum absolute atomic E-state index is 12.3. The maximum atomic E-state index is 12.3. The van der Waals surface area contributed by atoms with Crippen LogP contribution in [0.5, 0.6) is 11.5 Å². The lowest BCUT2D eigenvalue weighted by atomic mass is 10.2. The summed E-state index contributed by atoms with van der Waals surface area (Å²) in [5, 5.41) is 10.4. The fourth-order valence-corrected chi connectivity index (χ4v) is 3.46. The summed E-state index contributed by atoms with van der Waals surface area (Å²) >= 11 is 4.84. The van der Waals surface area contributed by atoms with Crippen LogP contribution in [0, 0.1) is 0 Å². The normalized spacial score (nSPS) is 12.9. The number of anilines is 1. The van der Waals surface area contributed by atoms with E-state index in [1.54, 1.807) is 18.2 Å². The number of halogens is 1. The van der Waals surface area contributed by atoms with E-state index in [0.29, 0.717) is 36.2 Å². The van der Waals surface area contributed by atoms with E-state index in [-0.39, 0.29) is 11.9 Å². The lowest BCUT2D eigenvalue weighted by Crippen LogP contribution is -2.17. The predicted octanol–water partition coefficient (Wildman–Crippen LogP) is 3.58. The summed E-state index contributed by atoms with van der Waals surface area (Å²) in [6, 6.07) is 8.75. The molecule has 1 amide bonds. The lowest BCUT2D eigenvalue weighted by molar-refractivity contribution is 0.102. The number of thiophene rings is 1. The molecular weight excluding hydrogens is 398 g/mol. The van der Waals surface area contributed by atoms with E-state index in [1.165, 1.54) is 11.3 Å². The Bertz CT molecular complexity index is 908. The molecule has 0 radical (unpaired) electrons. The van der Waals surface area contributed by atoms with Crippen LogP contribution in [0.4, 0.5) is 6.01 Å². The fourth-order valence-electron chi connectivity index (χ4n) is 2.16. The third-order valence-corrected chi connectivity index (χ3v) is 4.85. The van der Waals surface area contributed by atoms with Crippen molar-refractivity contribution < 1.29 is 18.7 Å². The molecule has 122 valence electrons. The van der Waals surface area contributed by atoms with Crippen molar-refractivity contribution in [2.75, 3.05) is 18.5 Å². The first-order valence-electron chi connectivity index (χ1n) is 6.99. The third kappa shape index (κ3) is 3.00. The minimum atomic E-state index is -0.366. The van der Waals surface area contributed by atoms with Gasteiger partial charge in [0.1, 0.15) is 13.2 Å². The van der Waals surface area contributed by atoms with Crippen molar-refractivity contribution in [3.05, 3.63) is 39.7 Å². The number of benzene rings is 1. The van der Waals surface area contributed by atoms with E-state index >= 15 is 0 Å². The Hall–Kier alpha value is -2.39. The van der Waals surface area contributed by atoms with Crippen molar-refractivity contribution in [1.29, 1.82) is 0 Å². The van der Waals surface area contributed by atoms with E-state index in [1.807, 2.05) is 12.1 Å². The molecule has 7 nitrogen and oxygen atoms in total. The van der Waals surface area contributed by atoms with E-state index in [0.717, 1.165) is 8.66 Å². The van der Waals surface area contributed by atoms with Gasteiger partial charge in [-0.2, -0.15) is 0 Å². The van der Waals surface area contributed by atoms with Gasteiger partial charge in [-0.3, -0.25) is 10.1 Å². The van der Waals surface area contributed by atoms with Crippen LogP contribution in [0.3, 0.4) is 0 Å². The highest BCUT2D eigenvalue weighted by atomic mass is 79.9. The molecule has 9 heteroatoms. The molecule has 24 heavy (non-hydrogen) atoms. The van der Waals surface area contributed by atoms with Crippen LogP contribution in [-0.2, 0) is 0 Å². The van der Waals surface area contributed by atoms with Crippen LogP contribution in [0.25, 0.3) is 10.8 Å². The van der Waals surface area contributed by atoms with Crippen molar-refractivity contribution in [2.45, 2.75) is 0 Å². The van der Waals surface area contributed by atoms with Crippen LogP contribution >= 0.6 is 27.3 Å². The van der Waals surface area contributed by atoms with Crippen molar-refractivity contribution in [3.63, 3.8) is 0 Å². The molecule has 1 aromatic carbocycles. The van der Waals surface area contributed by atoms with Crippen LogP contribution in [0.15, 0.2) is 38.5 Å². The first kappa shape index (κ1) is 15.2. The van der Waals surface area contributed by atoms with Gasteiger partial charge in [0, 0.05) is 5.56 Å². The molecule has 0 fully saturated rings. The van der Waals surface area contributed by atoms with Crippen LogP contribution in [0.1, 0.15) is 10.4 Å². The standard InChI is InChI=1S/C15H10BrN3O4S/c16-12-4-3-11(24-12)14-18-19-15(23-14)17-13(20)8-1-2-9-10(7-8)22-6-5-21-9/h1-4,7H,5-6H2,(H,17,19,20). The van der Waals surface area contributed by atoms with Gasteiger partial charge in [0.25, 0.3) is 11.8 Å². The minimum absolute atomic E-state index is 0.0365. The number of nitrogens with zero attached hydrogens (tertiary/aromatic N) is 2. The monoisotopic (exact) mass is 407 g/mol. The molecule has 0 saturated heterocycles. The van der Waals surface area contributed by atoms with E-state index in [4.69, 9.17) is 13.9 Å². The molecule has 4 rings (SSSR count). The number of rotatable bonds is 3. The van der Waals surface area contributed by atoms with E-state index in [9.17, 15) is 4.79 Å². The van der Waals surface area contributed by atoms with Gasteiger partial charge < -0.3 is 13.9 Å². The minimum Gasteiger partial charge on any atom is -0.486 e. The largest absolute Gasteiger partial charge is 0.486 e. The molecule has 0 saturated carbocycles. The Balaban J connectivity index is 1.51. The molecule has 1 aliphatic heterocycles. The van der Waals surface area contributed by atoms with Crippen LogP contribution < -0.4 is 14.8 Å². The SMILES string of the molecule is O=C(Nc1nnc(-c2ccc(Br)s2)o1)c1ccc2c(c1)OCCO2. The number of hydrogen-bond acceptors (Lipinski definition) is 7. The van der Waals surface area contributed by atoms with Crippen molar-refractivity contribution in [3.8, 4) is 22.3 Å². The van der Waals surface area contributed by atoms with Gasteiger partial charge in [-0.1, -0.05) is 5.10 Å². The predicted molar refractivity (Wildman–Crippen MR) is 90.7 cm³/mol. The summed E-state index contributed by atoms with van der Waals surface area (Å²) in [6.45, 7) is 0.962. The molecule has 0 spiro atoms. The van der Waals surface area contributed by atoms with Crippen molar-refractivity contribution in [1.82, 2.24) is 10.2 Å². The highest BCUT2D eigenvalue weighted by molar-refractivity contribution is 9.11. The Kier molecular flexibility index (Phi) is 3.95. The highest BCUT2D eigenvalue weighted by Crippen LogP contribution is 2.32. The van der Waals surface area contributed by atoms with Gasteiger partial charge >= 0.3 is 6.01 Å². The molecule has 0 unspecified atom stereocenters. The molecular formula is C15H10BrN3O4S. The molecule has 3 heterocycles. The number of carbonyl (C=O) groups is 1. The zero-order valence-corrected chi connectivity index (χ0v) is 14.5. The Morgan fingerprint density at radius 1 is 1.12 bits per heavy atom. The first-order valence-corrected chi connectivity index (χ1v) is 8.60. The van der Waals surface area contributed by atoms with Crippen LogP contribution in [0.2, 0.25) is 0 Å². The smallest absolute Gasteiger partial charge is 0.322 e. The number of fused-ring (bicyclic) bond motifs is 1. The topological polar surface area (TPSA) is 86.5 Å². The summed E-state index contributed by atoms with van der Waals surface area (Å²) in [5.74, 6) is 1.16. The molecule has 2 aromatic heterocycles. The van der Waals surface area contributed by atoms with Crippen molar-refractivity contribution in [2.24, 2.45) is 0 Å². The summed E-state index contributed by atoms with van der Waals surface area (Å²) in [6.07, 6.45) is 0. The van der Waals surface area contributed by atoms with Crippen molar-refractivity contribution >= 4 is 39.2 Å². The molecule has 0 atom stereocenters. The number of amides is 1. The molecule has 0 bridgehead atoms. The summed E-state index contributed by atoms with van der Waals surface area (Å²) in [4.78, 5) is 13.1. The van der Waals surface area contributed by atoms with Gasteiger partial charge in [-0.25, -0.2) is 0 Å². The summed E-state index contributed by atoms with van der Waals surface area (Å²) in [5.41, 5.74) is 0.415. The molecule has 1 N–H and O–H groups in total. The number of carbonyl (C=O) groups excluding carboxylic acids is 1. The molecule has 0 aliphatic carbocycles. The average molecular weight is 408 g/mol. The average Bonchev–Trinajstić information content (AvgIpc) is 3.23. The summed E-state index contributed by atoms with van der Waals surface area (Å²) in [7, 11) is 0.